The van der Waals surface area contributed by atoms with E-state index in [1.807, 2.05) is 0 Å². The number of likely N-dealkylation sites (tertiary alicyclic amines) is 1. The summed E-state index contributed by atoms with van der Waals surface area (Å²) < 4.78 is 0. The highest BCUT2D eigenvalue weighted by Crippen LogP contribution is 2.18. The molecule has 2 N–H and O–H groups in total. The maximum atomic E-state index is 9.68. The van der Waals surface area contributed by atoms with Gasteiger partial charge in [0.15, 0.2) is 0 Å². The summed E-state index contributed by atoms with van der Waals surface area (Å²) in [6.07, 6.45) is 1.68. The van der Waals surface area contributed by atoms with E-state index in [0.717, 1.165) is 39.0 Å². The third-order valence-corrected chi connectivity index (χ3v) is 5.25. The van der Waals surface area contributed by atoms with E-state index in [4.69, 9.17) is 0 Å². The van der Waals surface area contributed by atoms with Crippen molar-refractivity contribution in [1.82, 2.24) is 10.2 Å². The van der Waals surface area contributed by atoms with Crippen LogP contribution in [0.1, 0.15) is 48.1 Å². The molecule has 134 valence electrons. The fourth-order valence-corrected chi connectivity index (χ4v) is 3.44. The van der Waals surface area contributed by atoms with Crippen molar-refractivity contribution in [2.24, 2.45) is 0 Å². The minimum atomic E-state index is -0.108. The Morgan fingerprint density at radius 2 is 1.68 bits per heavy atom. The van der Waals surface area contributed by atoms with E-state index in [-0.39, 0.29) is 6.10 Å². The van der Waals surface area contributed by atoms with E-state index in [2.05, 4.69) is 72.6 Å². The summed E-state index contributed by atoms with van der Waals surface area (Å²) in [5.74, 6) is 0. The highest BCUT2D eigenvalue weighted by atomic mass is 16.3. The number of aryl methyl sites for hydroxylation is 1. The quantitative estimate of drug-likeness (QED) is 0.841. The number of benzene rings is 2. The topological polar surface area (TPSA) is 35.5 Å². The van der Waals surface area contributed by atoms with Gasteiger partial charge in [0.05, 0.1) is 6.10 Å². The van der Waals surface area contributed by atoms with Gasteiger partial charge in [0.2, 0.25) is 0 Å². The monoisotopic (exact) mass is 338 g/mol. The van der Waals surface area contributed by atoms with Gasteiger partial charge in [0.25, 0.3) is 0 Å². The normalized spacial score (nSPS) is 17.6. The second-order valence-electron chi connectivity index (χ2n) is 7.29. The molecule has 0 radical (unpaired) electrons. The Balaban J connectivity index is 1.59. The summed E-state index contributed by atoms with van der Waals surface area (Å²) >= 11 is 0. The molecule has 1 saturated heterocycles. The molecule has 3 heteroatoms. The van der Waals surface area contributed by atoms with Gasteiger partial charge in [0, 0.05) is 32.2 Å². The van der Waals surface area contributed by atoms with Gasteiger partial charge in [-0.15, -0.1) is 0 Å². The number of hydrogen-bond acceptors (Lipinski definition) is 3. The average Bonchev–Trinajstić information content (AvgIpc) is 2.63. The van der Waals surface area contributed by atoms with E-state index in [1.54, 1.807) is 0 Å². The summed E-state index contributed by atoms with van der Waals surface area (Å²) in [4.78, 5) is 2.45. The van der Waals surface area contributed by atoms with Crippen LogP contribution in [0.2, 0.25) is 0 Å². The fraction of sp³-hybridized carbons (Fsp3) is 0.455. The smallest absolute Gasteiger partial charge is 0.0564 e. The van der Waals surface area contributed by atoms with Gasteiger partial charge in [-0.25, -0.2) is 0 Å². The van der Waals surface area contributed by atoms with Crippen molar-refractivity contribution in [2.45, 2.75) is 51.9 Å². The summed E-state index contributed by atoms with van der Waals surface area (Å²) in [5.41, 5.74) is 5.39. The molecule has 1 aliphatic rings. The highest BCUT2D eigenvalue weighted by Gasteiger charge is 2.17. The van der Waals surface area contributed by atoms with Gasteiger partial charge in [0.1, 0.15) is 0 Å². The third-order valence-electron chi connectivity index (χ3n) is 5.25. The maximum absolute atomic E-state index is 9.68. The molecule has 0 aliphatic carbocycles. The number of nitrogens with zero attached hydrogens (tertiary/aromatic N) is 1. The second-order valence-corrected chi connectivity index (χ2v) is 7.29. The van der Waals surface area contributed by atoms with Crippen LogP contribution in [-0.4, -0.2) is 29.2 Å². The van der Waals surface area contributed by atoms with Crippen molar-refractivity contribution in [3.8, 4) is 0 Å². The fourth-order valence-electron chi connectivity index (χ4n) is 3.44. The van der Waals surface area contributed by atoms with Crippen LogP contribution >= 0.6 is 0 Å². The minimum Gasteiger partial charge on any atom is -0.393 e. The molecule has 1 aliphatic heterocycles. The Labute approximate surface area is 151 Å². The number of hydrogen-bond donors (Lipinski definition) is 2. The number of piperidine rings is 1. The summed E-state index contributed by atoms with van der Waals surface area (Å²) in [6.45, 7) is 8.17. The maximum Gasteiger partial charge on any atom is 0.0564 e. The predicted molar refractivity (Wildman–Crippen MR) is 103 cm³/mol. The van der Waals surface area contributed by atoms with Gasteiger partial charge in [-0.2, -0.15) is 0 Å². The van der Waals surface area contributed by atoms with E-state index in [9.17, 15) is 5.11 Å². The molecule has 25 heavy (non-hydrogen) atoms. The minimum absolute atomic E-state index is 0.108. The molecule has 0 saturated carbocycles. The van der Waals surface area contributed by atoms with Crippen molar-refractivity contribution in [2.75, 3.05) is 13.1 Å². The second kappa shape index (κ2) is 8.61. The number of rotatable bonds is 6. The van der Waals surface area contributed by atoms with Crippen molar-refractivity contribution in [3.05, 3.63) is 70.8 Å². The van der Waals surface area contributed by atoms with Gasteiger partial charge in [-0.1, -0.05) is 54.1 Å². The molecule has 3 nitrogen and oxygen atoms in total. The Morgan fingerprint density at radius 1 is 1.04 bits per heavy atom. The summed E-state index contributed by atoms with van der Waals surface area (Å²) in [5, 5.41) is 13.3. The Morgan fingerprint density at radius 3 is 2.36 bits per heavy atom. The Kier molecular flexibility index (Phi) is 6.24. The summed E-state index contributed by atoms with van der Waals surface area (Å²) in [6, 6.07) is 17.8. The van der Waals surface area contributed by atoms with Crippen molar-refractivity contribution >= 4 is 0 Å². The molecule has 1 unspecified atom stereocenters. The largest absolute Gasteiger partial charge is 0.393 e. The first kappa shape index (κ1) is 18.1. The van der Waals surface area contributed by atoms with Gasteiger partial charge in [-0.05, 0) is 43.4 Å². The Hall–Kier alpha value is -1.68. The zero-order chi connectivity index (χ0) is 17.6. The van der Waals surface area contributed by atoms with Crippen LogP contribution in [0.15, 0.2) is 48.5 Å². The molecular weight excluding hydrogens is 308 g/mol. The SMILES string of the molecule is Cc1ccc(C(C)NCc2ccccc2CN2CCC(O)CC2)cc1. The van der Waals surface area contributed by atoms with Crippen LogP contribution in [0.25, 0.3) is 0 Å². The zero-order valence-corrected chi connectivity index (χ0v) is 15.4. The molecule has 0 aromatic heterocycles. The third kappa shape index (κ3) is 5.15. The molecule has 3 rings (SSSR count). The number of aliphatic hydroxyl groups excluding tert-OH is 1. The van der Waals surface area contributed by atoms with E-state index >= 15 is 0 Å². The van der Waals surface area contributed by atoms with E-state index < -0.39 is 0 Å². The molecule has 0 spiro atoms. The number of aliphatic hydroxyl groups is 1. The van der Waals surface area contributed by atoms with Crippen LogP contribution in [-0.2, 0) is 13.1 Å². The molecule has 1 heterocycles. The molecule has 1 atom stereocenters. The van der Waals surface area contributed by atoms with Crippen molar-refractivity contribution in [1.29, 1.82) is 0 Å². The Bertz CT molecular complexity index is 660. The lowest BCUT2D eigenvalue weighted by Crippen LogP contribution is -2.35. The van der Waals surface area contributed by atoms with Crippen LogP contribution in [0, 0.1) is 6.92 Å². The van der Waals surface area contributed by atoms with Crippen LogP contribution in [0.4, 0.5) is 0 Å². The molecular formula is C22H30N2O. The first-order valence-electron chi connectivity index (χ1n) is 9.39. The van der Waals surface area contributed by atoms with Gasteiger partial charge < -0.3 is 10.4 Å². The van der Waals surface area contributed by atoms with Crippen molar-refractivity contribution in [3.63, 3.8) is 0 Å². The molecule has 2 aromatic rings. The lowest BCUT2D eigenvalue weighted by atomic mass is 10.0. The van der Waals surface area contributed by atoms with E-state index in [1.165, 1.54) is 22.3 Å². The van der Waals surface area contributed by atoms with Crippen LogP contribution in [0.3, 0.4) is 0 Å². The lowest BCUT2D eigenvalue weighted by Gasteiger charge is -2.30. The van der Waals surface area contributed by atoms with Crippen LogP contribution < -0.4 is 5.32 Å². The summed E-state index contributed by atoms with van der Waals surface area (Å²) in [7, 11) is 0. The molecule has 2 aromatic carbocycles. The van der Waals surface area contributed by atoms with Crippen LogP contribution in [0.5, 0.6) is 0 Å². The lowest BCUT2D eigenvalue weighted by molar-refractivity contribution is 0.0791. The number of nitrogens with one attached hydrogen (secondary N) is 1. The average molecular weight is 338 g/mol. The van der Waals surface area contributed by atoms with E-state index in [0.29, 0.717) is 6.04 Å². The first-order chi connectivity index (χ1) is 12.1. The molecule has 0 bridgehead atoms. The van der Waals surface area contributed by atoms with Gasteiger partial charge >= 0.3 is 0 Å². The molecule has 0 amide bonds. The zero-order valence-electron chi connectivity index (χ0n) is 15.4. The first-order valence-corrected chi connectivity index (χ1v) is 9.39. The van der Waals surface area contributed by atoms with Crippen molar-refractivity contribution < 1.29 is 5.11 Å². The standard InChI is InChI=1S/C22H30N2O/c1-17-7-9-19(10-8-17)18(2)23-15-20-5-3-4-6-21(20)16-24-13-11-22(25)12-14-24/h3-10,18,22-23,25H,11-16H2,1-2H3. The predicted octanol–water partition coefficient (Wildman–Crippen LogP) is 3.80. The molecule has 1 fully saturated rings. The van der Waals surface area contributed by atoms with Gasteiger partial charge in [-0.3, -0.25) is 4.90 Å². The highest BCUT2D eigenvalue weighted by molar-refractivity contribution is 5.28.